The minimum atomic E-state index is 0.134. The van der Waals surface area contributed by atoms with Gasteiger partial charge in [0.1, 0.15) is 5.75 Å². The van der Waals surface area contributed by atoms with E-state index in [1.165, 1.54) is 32.4 Å². The van der Waals surface area contributed by atoms with Crippen molar-refractivity contribution >= 4 is 5.91 Å². The molecule has 1 saturated carbocycles. The molecule has 5 nitrogen and oxygen atoms in total. The van der Waals surface area contributed by atoms with Crippen molar-refractivity contribution in [2.75, 3.05) is 59.5 Å². The van der Waals surface area contributed by atoms with E-state index in [2.05, 4.69) is 16.8 Å². The number of benzene rings is 1. The van der Waals surface area contributed by atoms with Gasteiger partial charge in [-0.05, 0) is 62.4 Å². The zero-order valence-corrected chi connectivity index (χ0v) is 16.6. The van der Waals surface area contributed by atoms with Gasteiger partial charge in [-0.2, -0.15) is 0 Å². The summed E-state index contributed by atoms with van der Waals surface area (Å²) < 4.78 is 5.90. The lowest BCUT2D eigenvalue weighted by Gasteiger charge is -2.32. The number of hydrogen-bond acceptors (Lipinski definition) is 4. The molecule has 148 valence electrons. The molecule has 2 unspecified atom stereocenters. The average molecular weight is 372 g/mol. The Hall–Kier alpha value is -1.59. The van der Waals surface area contributed by atoms with Gasteiger partial charge in [0.2, 0.25) is 0 Å². The van der Waals surface area contributed by atoms with Gasteiger partial charge < -0.3 is 19.4 Å². The summed E-state index contributed by atoms with van der Waals surface area (Å²) in [6.45, 7) is 8.01. The molecule has 3 aliphatic rings. The van der Waals surface area contributed by atoms with Crippen LogP contribution in [0, 0.1) is 11.8 Å². The zero-order chi connectivity index (χ0) is 18.6. The number of likely N-dealkylation sites (tertiary alicyclic amines) is 1. The molecule has 1 aromatic rings. The molecule has 0 radical (unpaired) electrons. The summed E-state index contributed by atoms with van der Waals surface area (Å²) in [7, 11) is 2.10. The lowest BCUT2D eigenvalue weighted by molar-refractivity contribution is 0.0664. The lowest BCUT2D eigenvalue weighted by atomic mass is 10.0. The molecular formula is C22H33N3O2. The topological polar surface area (TPSA) is 36.0 Å². The Morgan fingerprint density at radius 2 is 1.70 bits per heavy atom. The van der Waals surface area contributed by atoms with Crippen LogP contribution in [0.5, 0.6) is 5.75 Å². The highest BCUT2D eigenvalue weighted by Crippen LogP contribution is 2.37. The van der Waals surface area contributed by atoms with E-state index in [0.29, 0.717) is 0 Å². The van der Waals surface area contributed by atoms with E-state index in [9.17, 15) is 4.79 Å². The molecular weight excluding hydrogens is 338 g/mol. The zero-order valence-electron chi connectivity index (χ0n) is 16.6. The predicted octanol–water partition coefficient (Wildman–Crippen LogP) is 2.58. The lowest BCUT2D eigenvalue weighted by Crippen LogP contribution is -2.47. The number of carbonyl (C=O) groups is 1. The Labute approximate surface area is 163 Å². The van der Waals surface area contributed by atoms with Crippen LogP contribution in [-0.4, -0.2) is 80.1 Å². The van der Waals surface area contributed by atoms with E-state index in [1.807, 2.05) is 29.2 Å². The molecule has 0 N–H and O–H groups in total. The Balaban J connectivity index is 1.17. The first-order valence-electron chi connectivity index (χ1n) is 10.6. The van der Waals surface area contributed by atoms with Crippen molar-refractivity contribution in [3.05, 3.63) is 29.8 Å². The first-order valence-corrected chi connectivity index (χ1v) is 10.6. The maximum atomic E-state index is 12.6. The molecule has 5 heteroatoms. The predicted molar refractivity (Wildman–Crippen MR) is 107 cm³/mol. The molecule has 1 amide bonds. The largest absolute Gasteiger partial charge is 0.494 e. The number of amides is 1. The fourth-order valence-corrected chi connectivity index (χ4v) is 4.88. The number of likely N-dealkylation sites (N-methyl/N-ethyl adjacent to an activating group) is 1. The Bertz CT molecular complexity index is 613. The number of fused-ring (bicyclic) bond motifs is 1. The molecule has 2 atom stereocenters. The average Bonchev–Trinajstić information content (AvgIpc) is 3.28. The van der Waals surface area contributed by atoms with Crippen LogP contribution in [0.1, 0.15) is 36.0 Å². The van der Waals surface area contributed by atoms with E-state index in [4.69, 9.17) is 4.74 Å². The quantitative estimate of drug-likeness (QED) is 0.720. The summed E-state index contributed by atoms with van der Waals surface area (Å²) in [6.07, 6.45) is 5.40. The molecule has 2 heterocycles. The Kier molecular flexibility index (Phi) is 5.98. The van der Waals surface area contributed by atoms with Crippen LogP contribution in [-0.2, 0) is 0 Å². The van der Waals surface area contributed by atoms with Gasteiger partial charge in [-0.1, -0.05) is 6.42 Å². The van der Waals surface area contributed by atoms with Crippen molar-refractivity contribution in [3.63, 3.8) is 0 Å². The second kappa shape index (κ2) is 8.61. The van der Waals surface area contributed by atoms with Crippen molar-refractivity contribution in [1.29, 1.82) is 0 Å². The second-order valence-electron chi connectivity index (χ2n) is 8.53. The summed E-state index contributed by atoms with van der Waals surface area (Å²) in [5, 5.41) is 0. The fourth-order valence-electron chi connectivity index (χ4n) is 4.88. The third kappa shape index (κ3) is 4.64. The molecule has 0 spiro atoms. The molecule has 2 aliphatic heterocycles. The first-order chi connectivity index (χ1) is 13.2. The molecule has 0 bridgehead atoms. The van der Waals surface area contributed by atoms with Crippen LogP contribution in [0.15, 0.2) is 24.3 Å². The molecule has 1 aromatic carbocycles. The third-order valence-corrected chi connectivity index (χ3v) is 6.58. The van der Waals surface area contributed by atoms with Crippen LogP contribution >= 0.6 is 0 Å². The summed E-state index contributed by atoms with van der Waals surface area (Å²) in [6, 6.07) is 7.67. The van der Waals surface area contributed by atoms with Crippen LogP contribution in [0.2, 0.25) is 0 Å². The summed E-state index contributed by atoms with van der Waals surface area (Å²) in [4.78, 5) is 19.4. The monoisotopic (exact) mass is 371 g/mol. The molecule has 1 aliphatic carbocycles. The Morgan fingerprint density at radius 1 is 1.04 bits per heavy atom. The first kappa shape index (κ1) is 18.8. The maximum absolute atomic E-state index is 12.6. The molecule has 27 heavy (non-hydrogen) atoms. The highest BCUT2D eigenvalue weighted by atomic mass is 16.5. The minimum Gasteiger partial charge on any atom is -0.494 e. The van der Waals surface area contributed by atoms with Gasteiger partial charge in [0.15, 0.2) is 0 Å². The summed E-state index contributed by atoms with van der Waals surface area (Å²) >= 11 is 0. The van der Waals surface area contributed by atoms with Gasteiger partial charge in [-0.15, -0.1) is 0 Å². The van der Waals surface area contributed by atoms with Crippen molar-refractivity contribution in [2.24, 2.45) is 11.8 Å². The normalized spacial score (nSPS) is 26.3. The molecule has 0 aromatic heterocycles. The number of rotatable bonds is 6. The van der Waals surface area contributed by atoms with Crippen molar-refractivity contribution in [1.82, 2.24) is 14.7 Å². The van der Waals surface area contributed by atoms with Crippen LogP contribution in [0.3, 0.4) is 0 Å². The SMILES string of the molecule is CN1CCN(C(=O)c2ccc(OCCCN3CC4CCCC4C3)cc2)CC1. The number of hydrogen-bond donors (Lipinski definition) is 0. The molecule has 3 fully saturated rings. The number of nitrogens with zero attached hydrogens (tertiary/aromatic N) is 3. The summed E-state index contributed by atoms with van der Waals surface area (Å²) in [5.74, 6) is 2.94. The maximum Gasteiger partial charge on any atom is 0.253 e. The number of carbonyl (C=O) groups excluding carboxylic acids is 1. The van der Waals surface area contributed by atoms with Crippen molar-refractivity contribution in [2.45, 2.75) is 25.7 Å². The minimum absolute atomic E-state index is 0.134. The standard InChI is InChI=1S/C22H33N3O2/c1-23-11-13-25(14-12-23)22(26)18-6-8-21(9-7-18)27-15-3-10-24-16-19-4-2-5-20(19)17-24/h6-9,19-20H,2-5,10-17H2,1H3. The highest BCUT2D eigenvalue weighted by molar-refractivity contribution is 5.94. The van der Waals surface area contributed by atoms with Gasteiger partial charge in [0.05, 0.1) is 6.61 Å². The van der Waals surface area contributed by atoms with Gasteiger partial charge >= 0.3 is 0 Å². The van der Waals surface area contributed by atoms with Gasteiger partial charge in [-0.3, -0.25) is 4.79 Å². The van der Waals surface area contributed by atoms with E-state index >= 15 is 0 Å². The van der Waals surface area contributed by atoms with Crippen LogP contribution < -0.4 is 4.74 Å². The second-order valence-corrected chi connectivity index (χ2v) is 8.53. The van der Waals surface area contributed by atoms with Crippen molar-refractivity contribution in [3.8, 4) is 5.75 Å². The van der Waals surface area contributed by atoms with Gasteiger partial charge in [0.25, 0.3) is 5.91 Å². The van der Waals surface area contributed by atoms with Crippen LogP contribution in [0.25, 0.3) is 0 Å². The number of ether oxygens (including phenoxy) is 1. The molecule has 4 rings (SSSR count). The fraction of sp³-hybridized carbons (Fsp3) is 0.682. The van der Waals surface area contributed by atoms with E-state index in [0.717, 1.165) is 68.9 Å². The Morgan fingerprint density at radius 3 is 2.37 bits per heavy atom. The smallest absolute Gasteiger partial charge is 0.253 e. The van der Waals surface area contributed by atoms with Gasteiger partial charge in [-0.25, -0.2) is 0 Å². The molecule has 2 saturated heterocycles. The third-order valence-electron chi connectivity index (χ3n) is 6.58. The highest BCUT2D eigenvalue weighted by Gasteiger charge is 2.35. The summed E-state index contributed by atoms with van der Waals surface area (Å²) in [5.41, 5.74) is 0.760. The van der Waals surface area contributed by atoms with E-state index in [1.54, 1.807) is 0 Å². The van der Waals surface area contributed by atoms with E-state index in [-0.39, 0.29) is 5.91 Å². The number of piperazine rings is 1. The van der Waals surface area contributed by atoms with Crippen molar-refractivity contribution < 1.29 is 9.53 Å². The van der Waals surface area contributed by atoms with Gasteiger partial charge in [0, 0.05) is 51.4 Å². The van der Waals surface area contributed by atoms with E-state index < -0.39 is 0 Å². The van der Waals surface area contributed by atoms with Crippen LogP contribution in [0.4, 0.5) is 0 Å².